The lowest BCUT2D eigenvalue weighted by molar-refractivity contribution is 0.0992. The molecule has 0 aliphatic carbocycles. The first-order chi connectivity index (χ1) is 14.2. The first-order valence-electron chi connectivity index (χ1n) is 8.37. The molecule has 156 valence electrons. The topological polar surface area (TPSA) is 99.2 Å². The van der Waals surface area contributed by atoms with Gasteiger partial charge in [-0.3, -0.25) is 14.3 Å². The Balaban J connectivity index is 1.70. The number of ether oxygens (including phenoxy) is 1. The van der Waals surface area contributed by atoms with Gasteiger partial charge in [0.1, 0.15) is 12.3 Å². The zero-order valence-electron chi connectivity index (χ0n) is 15.4. The van der Waals surface area contributed by atoms with E-state index in [1.165, 1.54) is 42.2 Å². The summed E-state index contributed by atoms with van der Waals surface area (Å²) in [6.45, 7) is -0.410. The molecule has 0 aliphatic heterocycles. The van der Waals surface area contributed by atoms with Crippen LogP contribution in [0.1, 0.15) is 26.4 Å². The van der Waals surface area contributed by atoms with E-state index in [1.54, 1.807) is 0 Å². The number of primary amides is 1. The Labute approximate surface area is 167 Å². The van der Waals surface area contributed by atoms with Crippen LogP contribution in [0.4, 0.5) is 23.2 Å². The molecule has 11 heteroatoms. The molecule has 3 rings (SSSR count). The van der Waals surface area contributed by atoms with Crippen molar-refractivity contribution < 1.29 is 31.9 Å². The summed E-state index contributed by atoms with van der Waals surface area (Å²) in [5, 5.41) is 6.35. The van der Waals surface area contributed by atoms with Gasteiger partial charge in [0.15, 0.2) is 17.4 Å². The quantitative estimate of drug-likeness (QED) is 0.471. The Bertz CT molecular complexity index is 1100. The summed E-state index contributed by atoms with van der Waals surface area (Å²) in [6, 6.07) is 5.68. The number of nitrogens with two attached hydrogens (primary N) is 1. The van der Waals surface area contributed by atoms with Gasteiger partial charge in [0.25, 0.3) is 11.8 Å². The lowest BCUT2D eigenvalue weighted by atomic mass is 10.1. The van der Waals surface area contributed by atoms with E-state index in [2.05, 4.69) is 10.4 Å². The minimum Gasteiger partial charge on any atom is -0.483 e. The number of anilines is 1. The number of halogens is 4. The second-order valence-electron chi connectivity index (χ2n) is 6.13. The number of aromatic nitrogens is 2. The fraction of sp³-hybridized carbons (Fsp3) is 0.105. The third kappa shape index (κ3) is 4.09. The van der Waals surface area contributed by atoms with Crippen LogP contribution in [0.2, 0.25) is 0 Å². The van der Waals surface area contributed by atoms with Crippen molar-refractivity contribution in [2.75, 3.05) is 5.32 Å². The molecule has 0 bridgehead atoms. The molecule has 0 unspecified atom stereocenters. The summed E-state index contributed by atoms with van der Waals surface area (Å²) < 4.78 is 59.7. The van der Waals surface area contributed by atoms with Gasteiger partial charge in [-0.1, -0.05) is 12.1 Å². The molecule has 0 atom stereocenters. The largest absolute Gasteiger partial charge is 0.483 e. The van der Waals surface area contributed by atoms with E-state index in [-0.39, 0.29) is 23.0 Å². The Morgan fingerprint density at radius 2 is 1.70 bits per heavy atom. The van der Waals surface area contributed by atoms with Crippen LogP contribution in [0.3, 0.4) is 0 Å². The van der Waals surface area contributed by atoms with Crippen LogP contribution in [-0.4, -0.2) is 21.6 Å². The van der Waals surface area contributed by atoms with Crippen LogP contribution in [0.25, 0.3) is 0 Å². The Morgan fingerprint density at radius 1 is 1.10 bits per heavy atom. The maximum atomic E-state index is 13.6. The number of hydrogen-bond donors (Lipinski definition) is 2. The van der Waals surface area contributed by atoms with Crippen molar-refractivity contribution in [3.8, 4) is 5.75 Å². The van der Waals surface area contributed by atoms with Gasteiger partial charge in [-0.2, -0.15) is 13.9 Å². The smallest absolute Gasteiger partial charge is 0.269 e. The van der Waals surface area contributed by atoms with Gasteiger partial charge in [0.2, 0.25) is 11.6 Å². The number of carbonyl (C=O) groups is 2. The van der Waals surface area contributed by atoms with Crippen LogP contribution in [0, 0.1) is 23.3 Å². The monoisotopic (exact) mass is 422 g/mol. The highest BCUT2D eigenvalue weighted by Crippen LogP contribution is 2.27. The lowest BCUT2D eigenvalue weighted by Crippen LogP contribution is -2.20. The van der Waals surface area contributed by atoms with Crippen molar-refractivity contribution in [3.63, 3.8) is 0 Å². The molecule has 2 amide bonds. The molecular formula is C19H14F4N4O3. The van der Waals surface area contributed by atoms with Crippen LogP contribution in [-0.2, 0) is 13.7 Å². The van der Waals surface area contributed by atoms with Crippen molar-refractivity contribution in [1.29, 1.82) is 0 Å². The molecule has 0 fully saturated rings. The van der Waals surface area contributed by atoms with Crippen molar-refractivity contribution in [2.45, 2.75) is 6.61 Å². The van der Waals surface area contributed by atoms with Crippen molar-refractivity contribution in [3.05, 3.63) is 76.6 Å². The summed E-state index contributed by atoms with van der Waals surface area (Å²) in [4.78, 5) is 23.8. The normalized spacial score (nSPS) is 10.7. The maximum absolute atomic E-state index is 13.6. The summed E-state index contributed by atoms with van der Waals surface area (Å²) >= 11 is 0. The van der Waals surface area contributed by atoms with E-state index >= 15 is 0 Å². The minimum atomic E-state index is -1.65. The van der Waals surface area contributed by atoms with E-state index < -0.39 is 47.4 Å². The molecule has 2 aromatic carbocycles. The summed E-state index contributed by atoms with van der Waals surface area (Å²) in [5.74, 6) is -8.97. The summed E-state index contributed by atoms with van der Waals surface area (Å²) in [5.41, 5.74) is 5.95. The number of benzene rings is 2. The van der Waals surface area contributed by atoms with Crippen LogP contribution in [0.5, 0.6) is 5.75 Å². The first kappa shape index (κ1) is 20.8. The second kappa shape index (κ2) is 8.23. The number of nitrogens with one attached hydrogen (secondary N) is 1. The molecular weight excluding hydrogens is 408 g/mol. The molecule has 0 radical (unpaired) electrons. The van der Waals surface area contributed by atoms with Gasteiger partial charge >= 0.3 is 0 Å². The van der Waals surface area contributed by atoms with E-state index in [4.69, 9.17) is 10.5 Å². The van der Waals surface area contributed by atoms with E-state index in [9.17, 15) is 27.2 Å². The predicted octanol–water partition coefficient (Wildman–Crippen LogP) is 2.91. The number of carbonyl (C=O) groups excluding carboxylic acids is 2. The number of amides is 2. The van der Waals surface area contributed by atoms with Crippen LogP contribution in [0.15, 0.2) is 36.5 Å². The summed E-state index contributed by atoms with van der Waals surface area (Å²) in [6.07, 6.45) is 1.27. The van der Waals surface area contributed by atoms with Crippen molar-refractivity contribution >= 4 is 17.5 Å². The summed E-state index contributed by atoms with van der Waals surface area (Å²) in [7, 11) is 1.49. The first-order valence-corrected chi connectivity index (χ1v) is 8.37. The average Bonchev–Trinajstić information content (AvgIpc) is 3.07. The van der Waals surface area contributed by atoms with Gasteiger partial charge in [0, 0.05) is 18.7 Å². The van der Waals surface area contributed by atoms with E-state index in [0.717, 1.165) is 0 Å². The molecule has 1 aromatic heterocycles. The highest BCUT2D eigenvalue weighted by molar-refractivity contribution is 6.08. The molecule has 0 saturated carbocycles. The zero-order valence-corrected chi connectivity index (χ0v) is 15.4. The van der Waals surface area contributed by atoms with Gasteiger partial charge < -0.3 is 15.8 Å². The molecule has 0 aliphatic rings. The number of hydrogen-bond acceptors (Lipinski definition) is 4. The molecule has 1 heterocycles. The van der Waals surface area contributed by atoms with E-state index in [1.807, 2.05) is 0 Å². The van der Waals surface area contributed by atoms with Crippen molar-refractivity contribution in [2.24, 2.45) is 12.8 Å². The SMILES string of the molecule is Cn1ncc(NC(=O)c2ccc(COc3c(F)c(F)cc(F)c3F)cc2)c1C(N)=O. The van der Waals surface area contributed by atoms with Crippen molar-refractivity contribution in [1.82, 2.24) is 9.78 Å². The fourth-order valence-electron chi connectivity index (χ4n) is 2.60. The molecule has 0 saturated heterocycles. The molecule has 0 spiro atoms. The van der Waals surface area contributed by atoms with Gasteiger partial charge in [0.05, 0.1) is 11.9 Å². The van der Waals surface area contributed by atoms with E-state index in [0.29, 0.717) is 5.56 Å². The number of nitrogens with zero attached hydrogens (tertiary/aromatic N) is 2. The second-order valence-corrected chi connectivity index (χ2v) is 6.13. The zero-order chi connectivity index (χ0) is 22.0. The van der Waals surface area contributed by atoms with Gasteiger partial charge in [-0.15, -0.1) is 0 Å². The fourth-order valence-corrected chi connectivity index (χ4v) is 2.60. The van der Waals surface area contributed by atoms with Crippen LogP contribution >= 0.6 is 0 Å². The molecule has 7 nitrogen and oxygen atoms in total. The van der Waals surface area contributed by atoms with Crippen LogP contribution < -0.4 is 15.8 Å². The third-order valence-electron chi connectivity index (χ3n) is 4.09. The highest BCUT2D eigenvalue weighted by atomic mass is 19.2. The highest BCUT2D eigenvalue weighted by Gasteiger charge is 2.21. The Kier molecular flexibility index (Phi) is 5.72. The predicted molar refractivity (Wildman–Crippen MR) is 96.7 cm³/mol. The van der Waals surface area contributed by atoms with Gasteiger partial charge in [-0.25, -0.2) is 8.78 Å². The third-order valence-corrected chi connectivity index (χ3v) is 4.09. The minimum absolute atomic E-state index is 0.0137. The molecule has 3 N–H and O–H groups in total. The average molecular weight is 422 g/mol. The van der Waals surface area contributed by atoms with Gasteiger partial charge in [-0.05, 0) is 17.7 Å². The Morgan fingerprint density at radius 3 is 2.27 bits per heavy atom. The molecule has 30 heavy (non-hydrogen) atoms. The maximum Gasteiger partial charge on any atom is 0.269 e. The molecule has 3 aromatic rings. The number of rotatable bonds is 6. The standard InChI is InChI=1S/C19H14F4N4O3/c1-27-16(18(24)28)13(7-25-27)26-19(29)10-4-2-9(3-5-10)8-30-17-14(22)11(20)6-12(21)15(17)23/h2-7H,8H2,1H3,(H2,24,28)(H,26,29). The lowest BCUT2D eigenvalue weighted by Gasteiger charge is -2.10. The number of aryl methyl sites for hydroxylation is 1. The Hall–Kier alpha value is -3.89.